The first-order chi connectivity index (χ1) is 17.2. The third-order valence-corrected chi connectivity index (χ3v) is 8.50. The Morgan fingerprint density at radius 2 is 1.69 bits per heavy atom. The Hall–Kier alpha value is -3.03. The number of halogens is 1. The largest absolute Gasteiger partial charge is 0.371 e. The maximum Gasteiger partial charge on any atom is 0.264 e. The number of amides is 1. The highest BCUT2D eigenvalue weighted by Gasteiger charge is 2.27. The molecule has 6 nitrogen and oxygen atoms in total. The van der Waals surface area contributed by atoms with Crippen molar-refractivity contribution in [3.05, 3.63) is 88.9 Å². The number of anilines is 2. The van der Waals surface area contributed by atoms with Crippen LogP contribution in [-0.2, 0) is 21.4 Å². The Morgan fingerprint density at radius 3 is 2.33 bits per heavy atom. The van der Waals surface area contributed by atoms with Gasteiger partial charge in [-0.05, 0) is 79.8 Å². The van der Waals surface area contributed by atoms with Crippen LogP contribution in [0.1, 0.15) is 30.9 Å². The summed E-state index contributed by atoms with van der Waals surface area (Å²) in [4.78, 5) is 15.4. The number of nitrogens with zero attached hydrogens (tertiary/aromatic N) is 2. The van der Waals surface area contributed by atoms with Gasteiger partial charge in [0.15, 0.2) is 0 Å². The van der Waals surface area contributed by atoms with Crippen LogP contribution in [0, 0.1) is 12.8 Å². The van der Waals surface area contributed by atoms with Gasteiger partial charge < -0.3 is 10.2 Å². The van der Waals surface area contributed by atoms with Crippen LogP contribution < -0.4 is 14.5 Å². The van der Waals surface area contributed by atoms with Crippen LogP contribution in [-0.4, -0.2) is 34.0 Å². The normalized spacial score (nSPS) is 16.0. The molecule has 0 radical (unpaired) electrons. The number of piperidine rings is 1. The van der Waals surface area contributed by atoms with E-state index in [4.69, 9.17) is 11.6 Å². The average molecular weight is 526 g/mol. The second-order valence-corrected chi connectivity index (χ2v) is 11.7. The van der Waals surface area contributed by atoms with Crippen molar-refractivity contribution in [2.75, 3.05) is 28.8 Å². The lowest BCUT2D eigenvalue weighted by molar-refractivity contribution is -0.119. The molecular formula is C28H32ClN3O3S. The number of hydrogen-bond acceptors (Lipinski definition) is 4. The topological polar surface area (TPSA) is 69.7 Å². The average Bonchev–Trinajstić information content (AvgIpc) is 2.87. The Morgan fingerprint density at radius 1 is 1.03 bits per heavy atom. The fourth-order valence-electron chi connectivity index (χ4n) is 4.40. The van der Waals surface area contributed by atoms with Gasteiger partial charge in [-0.25, -0.2) is 8.42 Å². The molecule has 1 amide bonds. The summed E-state index contributed by atoms with van der Waals surface area (Å²) in [6.07, 6.45) is 2.48. The van der Waals surface area contributed by atoms with Crippen LogP contribution in [0.3, 0.4) is 0 Å². The number of hydrogen-bond donors (Lipinski definition) is 1. The van der Waals surface area contributed by atoms with Crippen molar-refractivity contribution in [1.29, 1.82) is 0 Å². The van der Waals surface area contributed by atoms with Gasteiger partial charge in [-0.1, -0.05) is 48.4 Å². The lowest BCUT2D eigenvalue weighted by Crippen LogP contribution is -2.40. The van der Waals surface area contributed by atoms with Gasteiger partial charge in [0, 0.05) is 30.3 Å². The van der Waals surface area contributed by atoms with Gasteiger partial charge in [0.1, 0.15) is 6.54 Å². The molecule has 1 N–H and O–H groups in total. The van der Waals surface area contributed by atoms with E-state index in [9.17, 15) is 13.2 Å². The third kappa shape index (κ3) is 6.39. The van der Waals surface area contributed by atoms with Crippen LogP contribution >= 0.6 is 11.6 Å². The van der Waals surface area contributed by atoms with Gasteiger partial charge in [-0.15, -0.1) is 0 Å². The predicted molar refractivity (Wildman–Crippen MR) is 146 cm³/mol. The molecule has 8 heteroatoms. The Labute approximate surface area is 218 Å². The van der Waals surface area contributed by atoms with E-state index in [1.807, 2.05) is 31.2 Å². The molecule has 36 heavy (non-hydrogen) atoms. The molecule has 0 saturated carbocycles. The Bertz CT molecular complexity index is 1280. The van der Waals surface area contributed by atoms with Crippen LogP contribution in [0.15, 0.2) is 77.7 Å². The van der Waals surface area contributed by atoms with E-state index in [0.717, 1.165) is 28.5 Å². The highest BCUT2D eigenvalue weighted by atomic mass is 35.5. The lowest BCUT2D eigenvalue weighted by atomic mass is 9.99. The first-order valence-corrected chi connectivity index (χ1v) is 14.0. The second kappa shape index (κ2) is 11.4. The number of sulfonamides is 1. The molecule has 1 aliphatic rings. The first kappa shape index (κ1) is 26.0. The fourth-order valence-corrected chi connectivity index (χ4v) is 5.94. The smallest absolute Gasteiger partial charge is 0.264 e. The monoisotopic (exact) mass is 525 g/mol. The molecule has 1 fully saturated rings. The van der Waals surface area contributed by atoms with Gasteiger partial charge in [-0.2, -0.15) is 0 Å². The zero-order chi connectivity index (χ0) is 25.7. The van der Waals surface area contributed by atoms with Crippen molar-refractivity contribution in [3.63, 3.8) is 0 Å². The number of nitrogens with one attached hydrogen (secondary N) is 1. The van der Waals surface area contributed by atoms with Crippen molar-refractivity contribution in [2.45, 2.75) is 38.1 Å². The summed E-state index contributed by atoms with van der Waals surface area (Å²) in [6.45, 7) is 6.31. The van der Waals surface area contributed by atoms with Gasteiger partial charge in [0.2, 0.25) is 5.91 Å². The second-order valence-electron chi connectivity index (χ2n) is 9.44. The molecule has 0 aliphatic carbocycles. The van der Waals surface area contributed by atoms with Crippen LogP contribution in [0.4, 0.5) is 11.4 Å². The van der Waals surface area contributed by atoms with Crippen molar-refractivity contribution in [2.24, 2.45) is 5.92 Å². The highest BCUT2D eigenvalue weighted by molar-refractivity contribution is 7.92. The maximum atomic E-state index is 13.4. The van der Waals surface area contributed by atoms with E-state index in [2.05, 4.69) is 29.3 Å². The molecule has 1 atom stereocenters. The van der Waals surface area contributed by atoms with Crippen LogP contribution in [0.2, 0.25) is 5.02 Å². The van der Waals surface area contributed by atoms with Gasteiger partial charge in [-0.3, -0.25) is 9.10 Å². The molecule has 1 aliphatic heterocycles. The zero-order valence-corrected chi connectivity index (χ0v) is 22.2. The summed E-state index contributed by atoms with van der Waals surface area (Å²) < 4.78 is 28.0. The molecular weight excluding hydrogens is 494 g/mol. The quantitative estimate of drug-likeness (QED) is 0.427. The van der Waals surface area contributed by atoms with Crippen molar-refractivity contribution in [1.82, 2.24) is 5.32 Å². The van der Waals surface area contributed by atoms with Crippen molar-refractivity contribution in [3.8, 4) is 0 Å². The minimum absolute atomic E-state index is 0.0721. The predicted octanol–water partition coefficient (Wildman–Crippen LogP) is 5.40. The zero-order valence-electron chi connectivity index (χ0n) is 20.7. The number of carbonyl (C=O) groups excluding carboxylic acids is 1. The van der Waals surface area contributed by atoms with E-state index in [1.54, 1.807) is 12.1 Å². The Kier molecular flexibility index (Phi) is 8.21. The molecule has 1 heterocycles. The van der Waals surface area contributed by atoms with Crippen LogP contribution in [0.5, 0.6) is 0 Å². The molecule has 3 aromatic rings. The first-order valence-electron chi connectivity index (χ1n) is 12.2. The lowest BCUT2D eigenvalue weighted by Gasteiger charge is -2.32. The summed E-state index contributed by atoms with van der Waals surface area (Å²) >= 11 is 5.94. The van der Waals surface area contributed by atoms with E-state index in [-0.39, 0.29) is 17.3 Å². The SMILES string of the molecule is Cc1ccc(N(CC(=O)NCc2ccc(N3CCCC(C)C3)cc2)S(=O)(=O)c2ccc(Cl)cc2)cc1. The van der Waals surface area contributed by atoms with Gasteiger partial charge in [0.25, 0.3) is 10.0 Å². The van der Waals surface area contributed by atoms with Crippen molar-refractivity contribution >= 4 is 38.9 Å². The molecule has 190 valence electrons. The summed E-state index contributed by atoms with van der Waals surface area (Å²) in [6, 6.07) is 21.2. The summed E-state index contributed by atoms with van der Waals surface area (Å²) in [5.74, 6) is 0.306. The number of benzene rings is 3. The third-order valence-electron chi connectivity index (χ3n) is 6.46. The van der Waals surface area contributed by atoms with E-state index in [0.29, 0.717) is 23.2 Å². The number of aryl methyl sites for hydroxylation is 1. The molecule has 0 aromatic heterocycles. The minimum Gasteiger partial charge on any atom is -0.371 e. The minimum atomic E-state index is -3.98. The molecule has 3 aromatic carbocycles. The fraction of sp³-hybridized carbons (Fsp3) is 0.321. The Balaban J connectivity index is 1.45. The number of carbonyl (C=O) groups is 1. The van der Waals surface area contributed by atoms with E-state index < -0.39 is 10.0 Å². The van der Waals surface area contributed by atoms with Gasteiger partial charge in [0.05, 0.1) is 10.6 Å². The van der Waals surface area contributed by atoms with Crippen molar-refractivity contribution < 1.29 is 13.2 Å². The molecule has 4 rings (SSSR count). The summed E-state index contributed by atoms with van der Waals surface area (Å²) in [5.41, 5.74) is 3.57. The standard InChI is InChI=1S/C28H32ClN3O3S/c1-21-5-11-26(12-6-21)32(36(34,35)27-15-9-24(29)10-16-27)20-28(33)30-18-23-7-13-25(14-8-23)31-17-3-4-22(2)19-31/h5-16,22H,3-4,17-20H2,1-2H3,(H,30,33). The maximum absolute atomic E-state index is 13.4. The molecule has 1 unspecified atom stereocenters. The summed E-state index contributed by atoms with van der Waals surface area (Å²) in [5, 5.41) is 3.31. The van der Waals surface area contributed by atoms with Crippen LogP contribution in [0.25, 0.3) is 0 Å². The summed E-state index contributed by atoms with van der Waals surface area (Å²) in [7, 11) is -3.98. The molecule has 0 bridgehead atoms. The number of rotatable bonds is 8. The molecule has 1 saturated heterocycles. The highest BCUT2D eigenvalue weighted by Crippen LogP contribution is 2.26. The van der Waals surface area contributed by atoms with Gasteiger partial charge >= 0.3 is 0 Å². The molecule has 0 spiro atoms. The van der Waals surface area contributed by atoms with E-state index in [1.165, 1.54) is 42.8 Å². The van der Waals surface area contributed by atoms with E-state index >= 15 is 0 Å².